The van der Waals surface area contributed by atoms with Gasteiger partial charge in [0.15, 0.2) is 0 Å². The number of ether oxygens (including phenoxy) is 1. The van der Waals surface area contributed by atoms with E-state index < -0.39 is 5.60 Å². The second-order valence-corrected chi connectivity index (χ2v) is 2.95. The summed E-state index contributed by atoms with van der Waals surface area (Å²) in [5.74, 6) is -0.268. The van der Waals surface area contributed by atoms with Gasteiger partial charge in [-0.1, -0.05) is 6.58 Å². The molecule has 1 aliphatic rings. The zero-order valence-corrected chi connectivity index (χ0v) is 6.88. The van der Waals surface area contributed by atoms with Crippen LogP contribution in [-0.2, 0) is 9.53 Å². The SMILES string of the molecule is C=CC(=O)NCC1(O)CCOC1. The first-order chi connectivity index (χ1) is 5.66. The van der Waals surface area contributed by atoms with Gasteiger partial charge in [0.25, 0.3) is 0 Å². The quantitative estimate of drug-likeness (QED) is 0.560. The number of carbonyl (C=O) groups excluding carboxylic acids is 1. The molecule has 0 spiro atoms. The molecule has 1 fully saturated rings. The first kappa shape index (κ1) is 9.22. The standard InChI is InChI=1S/C8H13NO3/c1-2-7(10)9-5-8(11)3-4-12-6-8/h2,11H,1,3-6H2,(H,9,10). The van der Waals surface area contributed by atoms with E-state index in [-0.39, 0.29) is 12.5 Å². The zero-order chi connectivity index (χ0) is 9.03. The third-order valence-corrected chi connectivity index (χ3v) is 1.86. The lowest BCUT2D eigenvalue weighted by Gasteiger charge is -2.19. The van der Waals surface area contributed by atoms with Crippen LogP contribution in [0.1, 0.15) is 6.42 Å². The average Bonchev–Trinajstić information content (AvgIpc) is 2.49. The Bertz CT molecular complexity index is 185. The van der Waals surface area contributed by atoms with Crippen molar-refractivity contribution >= 4 is 5.91 Å². The molecule has 12 heavy (non-hydrogen) atoms. The van der Waals surface area contributed by atoms with Crippen LogP contribution in [0.5, 0.6) is 0 Å². The van der Waals surface area contributed by atoms with Crippen molar-refractivity contribution in [2.24, 2.45) is 0 Å². The summed E-state index contributed by atoms with van der Waals surface area (Å²) in [7, 11) is 0. The number of nitrogens with one attached hydrogen (secondary N) is 1. The minimum absolute atomic E-state index is 0.234. The Morgan fingerprint density at radius 2 is 2.58 bits per heavy atom. The maximum absolute atomic E-state index is 10.7. The van der Waals surface area contributed by atoms with E-state index in [0.29, 0.717) is 19.6 Å². The number of hydrogen-bond donors (Lipinski definition) is 2. The van der Waals surface area contributed by atoms with Gasteiger partial charge in [-0.15, -0.1) is 0 Å². The second kappa shape index (κ2) is 3.69. The summed E-state index contributed by atoms with van der Waals surface area (Å²) in [4.78, 5) is 10.7. The number of rotatable bonds is 3. The van der Waals surface area contributed by atoms with Crippen LogP contribution in [0, 0.1) is 0 Å². The van der Waals surface area contributed by atoms with E-state index in [1.807, 2.05) is 0 Å². The molecule has 0 radical (unpaired) electrons. The fourth-order valence-corrected chi connectivity index (χ4v) is 1.06. The van der Waals surface area contributed by atoms with Crippen molar-refractivity contribution in [3.8, 4) is 0 Å². The molecule has 1 aliphatic heterocycles. The van der Waals surface area contributed by atoms with Crippen LogP contribution < -0.4 is 5.32 Å². The molecule has 1 amide bonds. The van der Waals surface area contributed by atoms with Gasteiger partial charge in [0.05, 0.1) is 6.61 Å². The predicted octanol–water partition coefficient (Wildman–Crippen LogP) is -0.560. The average molecular weight is 171 g/mol. The van der Waals surface area contributed by atoms with Crippen molar-refractivity contribution in [2.75, 3.05) is 19.8 Å². The fourth-order valence-electron chi connectivity index (χ4n) is 1.06. The fraction of sp³-hybridized carbons (Fsp3) is 0.625. The topological polar surface area (TPSA) is 58.6 Å². The Morgan fingerprint density at radius 3 is 3.08 bits per heavy atom. The lowest BCUT2D eigenvalue weighted by atomic mass is 10.0. The van der Waals surface area contributed by atoms with E-state index in [1.54, 1.807) is 0 Å². The predicted molar refractivity (Wildman–Crippen MR) is 43.6 cm³/mol. The zero-order valence-electron chi connectivity index (χ0n) is 6.88. The van der Waals surface area contributed by atoms with Crippen molar-refractivity contribution < 1.29 is 14.6 Å². The largest absolute Gasteiger partial charge is 0.386 e. The van der Waals surface area contributed by atoms with E-state index in [1.165, 1.54) is 6.08 Å². The summed E-state index contributed by atoms with van der Waals surface area (Å²) in [5.41, 5.74) is -0.876. The van der Waals surface area contributed by atoms with E-state index in [4.69, 9.17) is 4.74 Å². The smallest absolute Gasteiger partial charge is 0.243 e. The Morgan fingerprint density at radius 1 is 1.83 bits per heavy atom. The molecule has 1 unspecified atom stereocenters. The normalized spacial score (nSPS) is 28.4. The molecule has 1 atom stereocenters. The monoisotopic (exact) mass is 171 g/mol. The van der Waals surface area contributed by atoms with Gasteiger partial charge >= 0.3 is 0 Å². The first-order valence-corrected chi connectivity index (χ1v) is 3.87. The third-order valence-electron chi connectivity index (χ3n) is 1.86. The molecule has 4 nitrogen and oxygen atoms in total. The summed E-state index contributed by atoms with van der Waals surface area (Å²) < 4.78 is 5.00. The van der Waals surface area contributed by atoms with Gasteiger partial charge in [-0.25, -0.2) is 0 Å². The Hall–Kier alpha value is -0.870. The number of aliphatic hydroxyl groups is 1. The van der Waals surface area contributed by atoms with Gasteiger partial charge in [0.1, 0.15) is 5.60 Å². The van der Waals surface area contributed by atoms with Crippen molar-refractivity contribution in [1.29, 1.82) is 0 Å². The minimum Gasteiger partial charge on any atom is -0.386 e. The third kappa shape index (κ3) is 2.32. The molecule has 0 aromatic rings. The number of carbonyl (C=O) groups is 1. The van der Waals surface area contributed by atoms with Crippen LogP contribution in [0.15, 0.2) is 12.7 Å². The van der Waals surface area contributed by atoms with Gasteiger partial charge in [0, 0.05) is 19.6 Å². The number of amides is 1. The van der Waals surface area contributed by atoms with Crippen LogP contribution in [0.2, 0.25) is 0 Å². The van der Waals surface area contributed by atoms with Crippen molar-refractivity contribution in [2.45, 2.75) is 12.0 Å². The van der Waals surface area contributed by atoms with Crippen molar-refractivity contribution in [1.82, 2.24) is 5.32 Å². The summed E-state index contributed by atoms with van der Waals surface area (Å²) >= 11 is 0. The molecule has 0 aromatic heterocycles. The lowest BCUT2D eigenvalue weighted by Crippen LogP contribution is -2.42. The number of hydrogen-bond acceptors (Lipinski definition) is 3. The summed E-state index contributed by atoms with van der Waals surface area (Å²) in [6.45, 7) is 4.39. The molecular weight excluding hydrogens is 158 g/mol. The van der Waals surface area contributed by atoms with Gasteiger partial charge in [-0.3, -0.25) is 4.79 Å². The first-order valence-electron chi connectivity index (χ1n) is 3.87. The van der Waals surface area contributed by atoms with Crippen LogP contribution in [0.25, 0.3) is 0 Å². The lowest BCUT2D eigenvalue weighted by molar-refractivity contribution is -0.117. The van der Waals surface area contributed by atoms with Crippen LogP contribution in [0.3, 0.4) is 0 Å². The van der Waals surface area contributed by atoms with Crippen molar-refractivity contribution in [3.05, 3.63) is 12.7 Å². The molecule has 0 bridgehead atoms. The molecule has 2 N–H and O–H groups in total. The molecule has 0 aromatic carbocycles. The molecule has 1 rings (SSSR count). The van der Waals surface area contributed by atoms with Crippen LogP contribution in [0.4, 0.5) is 0 Å². The van der Waals surface area contributed by atoms with E-state index in [2.05, 4.69) is 11.9 Å². The van der Waals surface area contributed by atoms with Gasteiger partial charge in [-0.05, 0) is 6.08 Å². The molecular formula is C8H13NO3. The molecule has 68 valence electrons. The molecule has 1 heterocycles. The molecule has 0 aliphatic carbocycles. The summed E-state index contributed by atoms with van der Waals surface area (Å²) in [6.07, 6.45) is 1.75. The Balaban J connectivity index is 2.30. The highest BCUT2D eigenvalue weighted by molar-refractivity contribution is 5.86. The van der Waals surface area contributed by atoms with Crippen LogP contribution >= 0.6 is 0 Å². The van der Waals surface area contributed by atoms with Gasteiger partial charge in [-0.2, -0.15) is 0 Å². The van der Waals surface area contributed by atoms with E-state index in [0.717, 1.165) is 0 Å². The maximum atomic E-state index is 10.7. The van der Waals surface area contributed by atoms with Gasteiger partial charge < -0.3 is 15.2 Å². The molecule has 1 saturated heterocycles. The highest BCUT2D eigenvalue weighted by atomic mass is 16.5. The van der Waals surface area contributed by atoms with E-state index in [9.17, 15) is 9.90 Å². The Kier molecular flexibility index (Phi) is 2.83. The highest BCUT2D eigenvalue weighted by Crippen LogP contribution is 2.16. The van der Waals surface area contributed by atoms with Crippen LogP contribution in [-0.4, -0.2) is 36.4 Å². The highest BCUT2D eigenvalue weighted by Gasteiger charge is 2.32. The molecule has 0 saturated carbocycles. The molecule has 4 heteroatoms. The second-order valence-electron chi connectivity index (χ2n) is 2.95. The minimum atomic E-state index is -0.876. The Labute approximate surface area is 71.2 Å². The maximum Gasteiger partial charge on any atom is 0.243 e. The van der Waals surface area contributed by atoms with Crippen molar-refractivity contribution in [3.63, 3.8) is 0 Å². The summed E-state index contributed by atoms with van der Waals surface area (Å²) in [5, 5.41) is 12.2. The van der Waals surface area contributed by atoms with Gasteiger partial charge in [0.2, 0.25) is 5.91 Å². The summed E-state index contributed by atoms with van der Waals surface area (Å²) in [6, 6.07) is 0. The van der Waals surface area contributed by atoms with E-state index >= 15 is 0 Å².